The van der Waals surface area contributed by atoms with Crippen LogP contribution in [0.3, 0.4) is 0 Å². The Kier molecular flexibility index (Phi) is 3.62. The van der Waals surface area contributed by atoms with Gasteiger partial charge in [0.25, 0.3) is 5.91 Å². The molecule has 0 saturated carbocycles. The second-order valence-corrected chi connectivity index (χ2v) is 3.35. The molecule has 0 aliphatic carbocycles. The molecule has 1 unspecified atom stereocenters. The van der Waals surface area contributed by atoms with Gasteiger partial charge in [0.15, 0.2) is 0 Å². The fraction of sp³-hybridized carbons (Fsp3) is 0.300. The molecule has 0 fully saturated rings. The van der Waals surface area contributed by atoms with Crippen LogP contribution in [-0.4, -0.2) is 23.6 Å². The van der Waals surface area contributed by atoms with Crippen molar-refractivity contribution in [1.29, 1.82) is 0 Å². The molecule has 82 valence electrons. The fourth-order valence-corrected chi connectivity index (χ4v) is 1.05. The molecular weight excluding hydrogens is 199 g/mol. The van der Waals surface area contributed by atoms with Crippen LogP contribution in [0, 0.1) is 5.82 Å². The molecule has 0 bridgehead atoms. The standard InChI is InChI=1S/C10H13FN2O2/c1-6(12)5-13-10(15)8-3-2-7(11)4-9(8)14/h2-4,6,14H,5,12H2,1H3,(H,13,15). The topological polar surface area (TPSA) is 75.3 Å². The molecule has 0 saturated heterocycles. The van der Waals surface area contributed by atoms with Crippen LogP contribution in [0.4, 0.5) is 4.39 Å². The van der Waals surface area contributed by atoms with E-state index in [9.17, 15) is 14.3 Å². The summed E-state index contributed by atoms with van der Waals surface area (Å²) in [4.78, 5) is 11.4. The van der Waals surface area contributed by atoms with Gasteiger partial charge in [0.2, 0.25) is 0 Å². The molecule has 4 nitrogen and oxygen atoms in total. The Morgan fingerprint density at radius 3 is 2.87 bits per heavy atom. The van der Waals surface area contributed by atoms with Crippen molar-refractivity contribution in [3.05, 3.63) is 29.6 Å². The third-order valence-electron chi connectivity index (χ3n) is 1.79. The SMILES string of the molecule is CC(N)CNC(=O)c1ccc(F)cc1O. The average Bonchev–Trinajstić information content (AvgIpc) is 2.14. The molecule has 0 heterocycles. The van der Waals surface area contributed by atoms with Gasteiger partial charge in [-0.25, -0.2) is 4.39 Å². The lowest BCUT2D eigenvalue weighted by Crippen LogP contribution is -2.35. The van der Waals surface area contributed by atoms with Crippen molar-refractivity contribution in [2.24, 2.45) is 5.73 Å². The minimum atomic E-state index is -0.587. The zero-order chi connectivity index (χ0) is 11.4. The second-order valence-electron chi connectivity index (χ2n) is 3.35. The smallest absolute Gasteiger partial charge is 0.255 e. The van der Waals surface area contributed by atoms with Gasteiger partial charge in [-0.05, 0) is 19.1 Å². The molecular formula is C10H13FN2O2. The van der Waals surface area contributed by atoms with E-state index < -0.39 is 11.7 Å². The maximum atomic E-state index is 12.6. The summed E-state index contributed by atoms with van der Waals surface area (Å²) < 4.78 is 12.6. The predicted molar refractivity (Wildman–Crippen MR) is 54.0 cm³/mol. The molecule has 0 spiro atoms. The van der Waals surface area contributed by atoms with Gasteiger partial charge in [-0.15, -0.1) is 0 Å². The third kappa shape index (κ3) is 3.21. The molecule has 4 N–H and O–H groups in total. The van der Waals surface area contributed by atoms with E-state index in [0.717, 1.165) is 12.1 Å². The average molecular weight is 212 g/mol. The number of rotatable bonds is 3. The van der Waals surface area contributed by atoms with Gasteiger partial charge in [0, 0.05) is 18.7 Å². The number of aromatic hydroxyl groups is 1. The fourth-order valence-electron chi connectivity index (χ4n) is 1.05. The van der Waals surface area contributed by atoms with Gasteiger partial charge < -0.3 is 16.2 Å². The number of nitrogens with two attached hydrogens (primary N) is 1. The number of phenolic OH excluding ortho intramolecular Hbond substituents is 1. The van der Waals surface area contributed by atoms with Crippen molar-refractivity contribution >= 4 is 5.91 Å². The molecule has 1 amide bonds. The van der Waals surface area contributed by atoms with E-state index in [0.29, 0.717) is 6.54 Å². The highest BCUT2D eigenvalue weighted by Gasteiger charge is 2.11. The number of halogens is 1. The Labute approximate surface area is 86.9 Å². The van der Waals surface area contributed by atoms with E-state index in [1.54, 1.807) is 6.92 Å². The van der Waals surface area contributed by atoms with Crippen molar-refractivity contribution in [3.63, 3.8) is 0 Å². The summed E-state index contributed by atoms with van der Waals surface area (Å²) in [6.45, 7) is 2.04. The van der Waals surface area contributed by atoms with Gasteiger partial charge in [-0.1, -0.05) is 0 Å². The van der Waals surface area contributed by atoms with Crippen molar-refractivity contribution in [3.8, 4) is 5.75 Å². The molecule has 1 aromatic rings. The van der Waals surface area contributed by atoms with Crippen molar-refractivity contribution in [1.82, 2.24) is 5.32 Å². The number of benzene rings is 1. The molecule has 0 radical (unpaired) electrons. The Hall–Kier alpha value is -1.62. The Morgan fingerprint density at radius 2 is 2.33 bits per heavy atom. The van der Waals surface area contributed by atoms with Gasteiger partial charge in [0.1, 0.15) is 11.6 Å². The Morgan fingerprint density at radius 1 is 1.67 bits per heavy atom. The van der Waals surface area contributed by atoms with Crippen molar-refractivity contribution in [2.75, 3.05) is 6.54 Å². The van der Waals surface area contributed by atoms with E-state index in [4.69, 9.17) is 5.73 Å². The number of hydrogen-bond acceptors (Lipinski definition) is 3. The second kappa shape index (κ2) is 4.75. The first-order valence-corrected chi connectivity index (χ1v) is 4.53. The first-order valence-electron chi connectivity index (χ1n) is 4.53. The van der Waals surface area contributed by atoms with E-state index in [1.807, 2.05) is 0 Å². The quantitative estimate of drug-likeness (QED) is 0.687. The minimum Gasteiger partial charge on any atom is -0.507 e. The van der Waals surface area contributed by atoms with E-state index in [1.165, 1.54) is 6.07 Å². The highest BCUT2D eigenvalue weighted by atomic mass is 19.1. The summed E-state index contributed by atoms with van der Waals surface area (Å²) in [6.07, 6.45) is 0. The summed E-state index contributed by atoms with van der Waals surface area (Å²) in [5.41, 5.74) is 5.48. The van der Waals surface area contributed by atoms with Crippen LogP contribution in [-0.2, 0) is 0 Å². The van der Waals surface area contributed by atoms with E-state index >= 15 is 0 Å². The minimum absolute atomic E-state index is 0.0389. The van der Waals surface area contributed by atoms with Gasteiger partial charge >= 0.3 is 0 Å². The number of carbonyl (C=O) groups excluding carboxylic acids is 1. The van der Waals surface area contributed by atoms with Crippen LogP contribution >= 0.6 is 0 Å². The molecule has 0 aliphatic rings. The van der Waals surface area contributed by atoms with Crippen molar-refractivity contribution in [2.45, 2.75) is 13.0 Å². The number of phenols is 1. The number of hydrogen-bond donors (Lipinski definition) is 3. The van der Waals surface area contributed by atoms with Crippen LogP contribution in [0.5, 0.6) is 5.75 Å². The molecule has 1 atom stereocenters. The van der Waals surface area contributed by atoms with Gasteiger partial charge in [-0.2, -0.15) is 0 Å². The maximum Gasteiger partial charge on any atom is 0.255 e. The summed E-state index contributed by atoms with van der Waals surface area (Å²) in [6, 6.07) is 3.05. The van der Waals surface area contributed by atoms with Crippen LogP contribution in [0.25, 0.3) is 0 Å². The highest BCUT2D eigenvalue weighted by Crippen LogP contribution is 2.17. The number of amides is 1. The summed E-state index contributed by atoms with van der Waals surface area (Å²) in [5, 5.41) is 11.8. The van der Waals surface area contributed by atoms with Gasteiger partial charge in [0.05, 0.1) is 5.56 Å². The molecule has 1 rings (SSSR count). The van der Waals surface area contributed by atoms with Crippen molar-refractivity contribution < 1.29 is 14.3 Å². The summed E-state index contributed by atoms with van der Waals surface area (Å²) in [7, 11) is 0. The van der Waals surface area contributed by atoms with E-state index in [2.05, 4.69) is 5.32 Å². The zero-order valence-electron chi connectivity index (χ0n) is 8.33. The lowest BCUT2D eigenvalue weighted by molar-refractivity contribution is 0.0949. The normalized spacial score (nSPS) is 12.2. The molecule has 5 heteroatoms. The van der Waals surface area contributed by atoms with Crippen LogP contribution < -0.4 is 11.1 Å². The van der Waals surface area contributed by atoms with Crippen LogP contribution in [0.1, 0.15) is 17.3 Å². The first-order chi connectivity index (χ1) is 7.00. The Balaban J connectivity index is 2.74. The molecule has 15 heavy (non-hydrogen) atoms. The monoisotopic (exact) mass is 212 g/mol. The third-order valence-corrected chi connectivity index (χ3v) is 1.79. The predicted octanol–water partition coefficient (Wildman–Crippen LogP) is 0.608. The molecule has 0 aromatic heterocycles. The Bertz CT molecular complexity index is 366. The number of nitrogens with one attached hydrogen (secondary N) is 1. The number of carbonyl (C=O) groups is 1. The lowest BCUT2D eigenvalue weighted by atomic mass is 10.2. The van der Waals surface area contributed by atoms with E-state index in [-0.39, 0.29) is 17.4 Å². The maximum absolute atomic E-state index is 12.6. The van der Waals surface area contributed by atoms with Gasteiger partial charge in [-0.3, -0.25) is 4.79 Å². The van der Waals surface area contributed by atoms with Crippen LogP contribution in [0.15, 0.2) is 18.2 Å². The molecule has 0 aliphatic heterocycles. The first kappa shape index (κ1) is 11.5. The largest absolute Gasteiger partial charge is 0.507 e. The summed E-state index contributed by atoms with van der Waals surface area (Å²) >= 11 is 0. The zero-order valence-corrected chi connectivity index (χ0v) is 8.33. The van der Waals surface area contributed by atoms with Crippen LogP contribution in [0.2, 0.25) is 0 Å². The highest BCUT2D eigenvalue weighted by molar-refractivity contribution is 5.96. The lowest BCUT2D eigenvalue weighted by Gasteiger charge is -2.08. The summed E-state index contributed by atoms with van der Waals surface area (Å²) in [5.74, 6) is -1.43. The molecule has 1 aromatic carbocycles.